The second-order valence-electron chi connectivity index (χ2n) is 7.39. The number of rotatable bonds is 8. The zero-order chi connectivity index (χ0) is 26.1. The molecule has 0 aliphatic heterocycles. The van der Waals surface area contributed by atoms with Gasteiger partial charge in [-0.25, -0.2) is 12.8 Å². The number of nitrogens with zero attached hydrogens (tertiary/aromatic N) is 2. The Balaban J connectivity index is 1.75. The predicted octanol–water partition coefficient (Wildman–Crippen LogP) is 4.26. The van der Waals surface area contributed by atoms with Crippen molar-refractivity contribution in [1.82, 2.24) is 9.72 Å². The molecule has 0 aliphatic rings. The highest BCUT2D eigenvalue weighted by Gasteiger charge is 2.27. The molecule has 0 fully saturated rings. The van der Waals surface area contributed by atoms with Gasteiger partial charge < -0.3 is 14.0 Å². The number of anilines is 1. The first-order valence-electron chi connectivity index (χ1n) is 10.1. The maximum atomic E-state index is 14.7. The second-order valence-corrected chi connectivity index (χ2v) is 9.07. The molecule has 0 amide bonds. The summed E-state index contributed by atoms with van der Waals surface area (Å²) in [6, 6.07) is 9.65. The molecule has 2 aromatic heterocycles. The lowest BCUT2D eigenvalue weighted by Gasteiger charge is -2.17. The zero-order valence-electron chi connectivity index (χ0n) is 18.4. The molecular weight excluding hydrogens is 510 g/mol. The molecule has 190 valence electrons. The summed E-state index contributed by atoms with van der Waals surface area (Å²) in [7, 11) is -2.82. The first-order chi connectivity index (χ1) is 17.0. The highest BCUT2D eigenvalue weighted by molar-refractivity contribution is 7.92. The molecule has 0 aliphatic carbocycles. The lowest BCUT2D eigenvalue weighted by atomic mass is 10.2. The number of halogens is 4. The number of fused-ring (bicyclic) bond motifs is 1. The Hall–Kier alpha value is -4.07. The van der Waals surface area contributed by atoms with Gasteiger partial charge in [0.1, 0.15) is 12.0 Å². The van der Waals surface area contributed by atoms with Gasteiger partial charge in [-0.1, -0.05) is 5.16 Å². The second kappa shape index (κ2) is 9.53. The van der Waals surface area contributed by atoms with Crippen LogP contribution in [-0.2, 0) is 10.0 Å². The number of hydrogen-bond donors (Lipinski definition) is 1. The fourth-order valence-corrected chi connectivity index (χ4v) is 4.38. The fraction of sp³-hybridized carbons (Fsp3) is 0.182. The van der Waals surface area contributed by atoms with Gasteiger partial charge in [-0.2, -0.15) is 13.2 Å². The van der Waals surface area contributed by atoms with E-state index in [2.05, 4.69) is 14.4 Å². The Kier molecular flexibility index (Phi) is 6.63. The molecule has 0 bridgehead atoms. The van der Waals surface area contributed by atoms with Crippen LogP contribution in [0.2, 0.25) is 0 Å². The lowest BCUT2D eigenvalue weighted by molar-refractivity contribution is -0.139. The molecule has 2 heterocycles. The minimum absolute atomic E-state index is 0.0298. The smallest absolute Gasteiger partial charge is 0.392 e. The van der Waals surface area contributed by atoms with E-state index in [1.165, 1.54) is 43.7 Å². The summed E-state index contributed by atoms with van der Waals surface area (Å²) >= 11 is 0. The van der Waals surface area contributed by atoms with Crippen LogP contribution in [0.5, 0.6) is 11.5 Å². The summed E-state index contributed by atoms with van der Waals surface area (Å²) in [6.07, 6.45) is -4.57. The van der Waals surface area contributed by atoms with Crippen LogP contribution in [-0.4, -0.2) is 38.0 Å². The van der Waals surface area contributed by atoms with Crippen LogP contribution in [0.4, 0.5) is 23.4 Å². The van der Waals surface area contributed by atoms with Gasteiger partial charge in [-0.3, -0.25) is 14.1 Å². The van der Waals surface area contributed by atoms with Gasteiger partial charge in [0.2, 0.25) is 0 Å². The van der Waals surface area contributed by atoms with Gasteiger partial charge in [-0.15, -0.1) is 0 Å². The van der Waals surface area contributed by atoms with Crippen molar-refractivity contribution in [2.24, 2.45) is 0 Å². The highest BCUT2D eigenvalue weighted by atomic mass is 32.2. The van der Waals surface area contributed by atoms with Gasteiger partial charge in [0.25, 0.3) is 15.6 Å². The van der Waals surface area contributed by atoms with E-state index < -0.39 is 46.4 Å². The Morgan fingerprint density at radius 2 is 1.86 bits per heavy atom. The van der Waals surface area contributed by atoms with E-state index in [9.17, 15) is 30.8 Å². The molecule has 0 saturated heterocycles. The van der Waals surface area contributed by atoms with E-state index >= 15 is 0 Å². The zero-order valence-corrected chi connectivity index (χ0v) is 19.2. The molecule has 4 aromatic rings. The number of sulfonamides is 1. The van der Waals surface area contributed by atoms with E-state index in [-0.39, 0.29) is 27.7 Å². The minimum Gasteiger partial charge on any atom is -0.494 e. The summed E-state index contributed by atoms with van der Waals surface area (Å²) in [4.78, 5) is 12.6. The van der Waals surface area contributed by atoms with Crippen molar-refractivity contribution in [2.75, 3.05) is 18.4 Å². The summed E-state index contributed by atoms with van der Waals surface area (Å²) in [5, 5.41) is 3.80. The SMILES string of the molecule is COc1cc(OCCC(F)(F)F)c(F)cc1-n1c(=O)ccc2cc(S(=O)(=O)Nc3ccon3)ccc21. The third kappa shape index (κ3) is 5.27. The van der Waals surface area contributed by atoms with Crippen LogP contribution in [0.3, 0.4) is 0 Å². The number of ether oxygens (including phenoxy) is 2. The van der Waals surface area contributed by atoms with Crippen LogP contribution >= 0.6 is 0 Å². The van der Waals surface area contributed by atoms with Crippen molar-refractivity contribution in [3.8, 4) is 17.2 Å². The van der Waals surface area contributed by atoms with E-state index in [0.29, 0.717) is 5.39 Å². The van der Waals surface area contributed by atoms with Crippen molar-refractivity contribution >= 4 is 26.7 Å². The maximum absolute atomic E-state index is 14.7. The number of nitrogens with one attached hydrogen (secondary N) is 1. The maximum Gasteiger partial charge on any atom is 0.392 e. The Morgan fingerprint density at radius 1 is 1.08 bits per heavy atom. The molecule has 0 atom stereocenters. The average molecular weight is 527 g/mol. The quantitative estimate of drug-likeness (QED) is 0.341. The summed E-state index contributed by atoms with van der Waals surface area (Å²) in [5.74, 6) is -1.59. The van der Waals surface area contributed by atoms with Crippen LogP contribution in [0.1, 0.15) is 6.42 Å². The third-order valence-corrected chi connectivity index (χ3v) is 6.32. The minimum atomic E-state index is -4.48. The number of benzene rings is 2. The van der Waals surface area contributed by atoms with Crippen molar-refractivity contribution in [2.45, 2.75) is 17.5 Å². The standard InChI is InChI=1S/C22H17F4N3O6S/c1-33-19-12-18(34-9-7-22(24,25)26)15(23)11-17(19)29-16-4-3-14(10-13(16)2-5-21(29)30)36(31,32)28-20-6-8-35-27-20/h2-6,8,10-12H,7,9H2,1H3,(H,27,28). The van der Waals surface area contributed by atoms with E-state index in [0.717, 1.165) is 22.8 Å². The van der Waals surface area contributed by atoms with Crippen LogP contribution in [0.25, 0.3) is 16.6 Å². The normalized spacial score (nSPS) is 12.0. The fourth-order valence-electron chi connectivity index (χ4n) is 3.35. The molecule has 36 heavy (non-hydrogen) atoms. The van der Waals surface area contributed by atoms with Crippen molar-refractivity contribution in [1.29, 1.82) is 0 Å². The highest BCUT2D eigenvalue weighted by Crippen LogP contribution is 2.33. The van der Waals surface area contributed by atoms with Crippen LogP contribution < -0.4 is 19.8 Å². The summed E-state index contributed by atoms with van der Waals surface area (Å²) in [6.45, 7) is -0.809. The Labute approximate surface area is 200 Å². The van der Waals surface area contributed by atoms with E-state index in [4.69, 9.17) is 9.47 Å². The number of alkyl halides is 3. The summed E-state index contributed by atoms with van der Waals surface area (Å²) < 4.78 is 95.3. The van der Waals surface area contributed by atoms with Crippen molar-refractivity contribution < 1.29 is 40.0 Å². The van der Waals surface area contributed by atoms with Crippen molar-refractivity contribution in [3.63, 3.8) is 0 Å². The predicted molar refractivity (Wildman–Crippen MR) is 120 cm³/mol. The molecule has 9 nitrogen and oxygen atoms in total. The number of aromatic nitrogens is 2. The molecule has 2 aromatic carbocycles. The molecule has 14 heteroatoms. The monoisotopic (exact) mass is 527 g/mol. The number of hydrogen-bond acceptors (Lipinski definition) is 7. The van der Waals surface area contributed by atoms with Crippen molar-refractivity contribution in [3.05, 3.63) is 71.0 Å². The van der Waals surface area contributed by atoms with E-state index in [1.807, 2.05) is 0 Å². The molecule has 4 rings (SSSR count). The number of methoxy groups -OCH3 is 1. The Morgan fingerprint density at radius 3 is 2.53 bits per heavy atom. The molecule has 1 N–H and O–H groups in total. The first-order valence-corrected chi connectivity index (χ1v) is 11.6. The first kappa shape index (κ1) is 25.0. The third-order valence-electron chi connectivity index (χ3n) is 4.97. The van der Waals surface area contributed by atoms with Gasteiger partial charge >= 0.3 is 6.18 Å². The van der Waals surface area contributed by atoms with Crippen LogP contribution in [0, 0.1) is 5.82 Å². The summed E-state index contributed by atoms with van der Waals surface area (Å²) in [5.41, 5.74) is -0.446. The van der Waals surface area contributed by atoms with Gasteiger partial charge in [0.15, 0.2) is 17.4 Å². The van der Waals surface area contributed by atoms with Gasteiger partial charge in [0, 0.05) is 29.7 Å². The largest absolute Gasteiger partial charge is 0.494 e. The Bertz CT molecular complexity index is 1570. The molecule has 0 saturated carbocycles. The number of pyridine rings is 1. The van der Waals surface area contributed by atoms with E-state index in [1.54, 1.807) is 0 Å². The molecule has 0 radical (unpaired) electrons. The van der Waals surface area contributed by atoms with Gasteiger partial charge in [0.05, 0.1) is 36.2 Å². The molecule has 0 unspecified atom stereocenters. The van der Waals surface area contributed by atoms with Gasteiger partial charge in [-0.05, 0) is 24.3 Å². The molecular formula is C22H17F4N3O6S. The molecule has 0 spiro atoms. The average Bonchev–Trinajstić information content (AvgIpc) is 3.31. The lowest BCUT2D eigenvalue weighted by Crippen LogP contribution is -2.19. The van der Waals surface area contributed by atoms with Crippen LogP contribution in [0.15, 0.2) is 69.0 Å². The topological polar surface area (TPSA) is 113 Å².